The summed E-state index contributed by atoms with van der Waals surface area (Å²) in [5.74, 6) is 1.06. The summed E-state index contributed by atoms with van der Waals surface area (Å²) in [4.78, 5) is 0. The van der Waals surface area contributed by atoms with Crippen LogP contribution in [0.25, 0.3) is 0 Å². The van der Waals surface area contributed by atoms with Crippen molar-refractivity contribution in [1.29, 1.82) is 0 Å². The molecule has 1 atom stereocenters. The van der Waals surface area contributed by atoms with E-state index < -0.39 is 0 Å². The molecule has 0 amide bonds. The Morgan fingerprint density at radius 1 is 1.17 bits per heavy atom. The molecule has 98 valence electrons. The largest absolute Gasteiger partial charge is 0.508 e. The van der Waals surface area contributed by atoms with Crippen molar-refractivity contribution in [2.45, 2.75) is 51.4 Å². The smallest absolute Gasteiger partial charge is 0.119 e. The number of aryl methyl sites for hydroxylation is 1. The van der Waals surface area contributed by atoms with Crippen molar-refractivity contribution >= 4 is 0 Å². The molecule has 1 saturated heterocycles. The molecule has 0 bridgehead atoms. The van der Waals surface area contributed by atoms with Gasteiger partial charge < -0.3 is 10.4 Å². The molecule has 0 spiro atoms. The van der Waals surface area contributed by atoms with Crippen molar-refractivity contribution in [2.75, 3.05) is 13.1 Å². The summed E-state index contributed by atoms with van der Waals surface area (Å²) in [5.41, 5.74) is 5.56. The summed E-state index contributed by atoms with van der Waals surface area (Å²) >= 11 is 0. The van der Waals surface area contributed by atoms with Crippen LogP contribution < -0.4 is 5.32 Å². The van der Waals surface area contributed by atoms with Crippen LogP contribution in [0.2, 0.25) is 0 Å². The van der Waals surface area contributed by atoms with E-state index in [1.165, 1.54) is 54.4 Å². The fourth-order valence-electron chi connectivity index (χ4n) is 3.72. The van der Waals surface area contributed by atoms with Crippen molar-refractivity contribution < 1.29 is 5.11 Å². The van der Waals surface area contributed by atoms with E-state index in [0.29, 0.717) is 11.7 Å². The average Bonchev–Trinajstić information content (AvgIpc) is 2.40. The van der Waals surface area contributed by atoms with Crippen LogP contribution >= 0.6 is 0 Å². The molecule has 3 rings (SSSR count). The third-order valence-corrected chi connectivity index (χ3v) is 4.60. The van der Waals surface area contributed by atoms with E-state index in [1.807, 2.05) is 6.07 Å². The van der Waals surface area contributed by atoms with Gasteiger partial charge in [0, 0.05) is 18.0 Å². The molecule has 18 heavy (non-hydrogen) atoms. The zero-order valence-corrected chi connectivity index (χ0v) is 11.3. The molecule has 2 aliphatic rings. The third kappa shape index (κ3) is 2.03. The van der Waals surface area contributed by atoms with Gasteiger partial charge in [0.2, 0.25) is 0 Å². The maximum atomic E-state index is 10.4. The van der Waals surface area contributed by atoms with Crippen LogP contribution in [-0.2, 0) is 12.8 Å². The lowest BCUT2D eigenvalue weighted by Gasteiger charge is -2.30. The standard InChI is InChI=1S/C16H23NO/c1-11-9-15(18)16(12-5-4-8-17-10-12)14-7-3-2-6-13(11)14/h9,12,17-18H,2-8,10H2,1H3. The van der Waals surface area contributed by atoms with Crippen LogP contribution in [0.4, 0.5) is 0 Å². The zero-order valence-electron chi connectivity index (χ0n) is 11.3. The Morgan fingerprint density at radius 2 is 1.94 bits per heavy atom. The van der Waals surface area contributed by atoms with Crippen LogP contribution in [0.15, 0.2) is 6.07 Å². The molecule has 1 aromatic rings. The molecule has 1 fully saturated rings. The molecule has 1 unspecified atom stereocenters. The van der Waals surface area contributed by atoms with Gasteiger partial charge in [-0.15, -0.1) is 0 Å². The maximum absolute atomic E-state index is 10.4. The predicted octanol–water partition coefficient (Wildman–Crippen LogP) is 3.05. The maximum Gasteiger partial charge on any atom is 0.119 e. The minimum atomic E-state index is 0.520. The molecule has 2 heteroatoms. The Bertz CT molecular complexity index is 447. The zero-order chi connectivity index (χ0) is 12.5. The van der Waals surface area contributed by atoms with E-state index >= 15 is 0 Å². The number of hydrogen-bond donors (Lipinski definition) is 2. The van der Waals surface area contributed by atoms with E-state index in [-0.39, 0.29) is 0 Å². The van der Waals surface area contributed by atoms with Crippen molar-refractivity contribution in [3.05, 3.63) is 28.3 Å². The molecular formula is C16H23NO. The first-order chi connectivity index (χ1) is 8.77. The SMILES string of the molecule is Cc1cc(O)c(C2CCCNC2)c2c1CCCC2. The Balaban J connectivity index is 2.06. The lowest BCUT2D eigenvalue weighted by Crippen LogP contribution is -2.29. The lowest BCUT2D eigenvalue weighted by molar-refractivity contribution is 0.420. The van der Waals surface area contributed by atoms with Crippen molar-refractivity contribution in [1.82, 2.24) is 5.32 Å². The van der Waals surface area contributed by atoms with Crippen LogP contribution in [-0.4, -0.2) is 18.2 Å². The normalized spacial score (nSPS) is 23.7. The van der Waals surface area contributed by atoms with E-state index in [4.69, 9.17) is 0 Å². The average molecular weight is 245 g/mol. The highest BCUT2D eigenvalue weighted by molar-refractivity contribution is 5.51. The summed E-state index contributed by atoms with van der Waals surface area (Å²) in [7, 11) is 0. The van der Waals surface area contributed by atoms with Gasteiger partial charge in [-0.2, -0.15) is 0 Å². The van der Waals surface area contributed by atoms with E-state index in [2.05, 4.69) is 12.2 Å². The van der Waals surface area contributed by atoms with Crippen molar-refractivity contribution in [3.63, 3.8) is 0 Å². The fraction of sp³-hybridized carbons (Fsp3) is 0.625. The second-order valence-corrected chi connectivity index (χ2v) is 5.83. The second kappa shape index (κ2) is 4.93. The highest BCUT2D eigenvalue weighted by Gasteiger charge is 2.25. The first-order valence-electron chi connectivity index (χ1n) is 7.32. The summed E-state index contributed by atoms with van der Waals surface area (Å²) in [6.07, 6.45) is 7.40. The number of hydrogen-bond acceptors (Lipinski definition) is 2. The van der Waals surface area contributed by atoms with E-state index in [0.717, 1.165) is 19.5 Å². The minimum absolute atomic E-state index is 0.520. The van der Waals surface area contributed by atoms with Gasteiger partial charge in [-0.25, -0.2) is 0 Å². The molecular weight excluding hydrogens is 222 g/mol. The number of benzene rings is 1. The van der Waals surface area contributed by atoms with Crippen LogP contribution in [0.5, 0.6) is 5.75 Å². The molecule has 1 aromatic carbocycles. The third-order valence-electron chi connectivity index (χ3n) is 4.60. The highest BCUT2D eigenvalue weighted by Crippen LogP contribution is 2.39. The van der Waals surface area contributed by atoms with Gasteiger partial charge in [0.1, 0.15) is 5.75 Å². The number of aromatic hydroxyl groups is 1. The monoisotopic (exact) mass is 245 g/mol. The first-order valence-corrected chi connectivity index (χ1v) is 7.32. The topological polar surface area (TPSA) is 32.3 Å². The fourth-order valence-corrected chi connectivity index (χ4v) is 3.72. The molecule has 0 radical (unpaired) electrons. The number of phenols is 1. The summed E-state index contributed by atoms with van der Waals surface area (Å²) in [6.45, 7) is 4.31. The van der Waals surface area contributed by atoms with Gasteiger partial charge in [-0.3, -0.25) is 0 Å². The molecule has 1 aliphatic heterocycles. The first kappa shape index (κ1) is 12.0. The van der Waals surface area contributed by atoms with Crippen LogP contribution in [0.3, 0.4) is 0 Å². The lowest BCUT2D eigenvalue weighted by atomic mass is 9.79. The van der Waals surface area contributed by atoms with Gasteiger partial charge in [0.15, 0.2) is 0 Å². The predicted molar refractivity (Wildman–Crippen MR) is 74.3 cm³/mol. The van der Waals surface area contributed by atoms with Crippen molar-refractivity contribution in [2.24, 2.45) is 0 Å². The summed E-state index contributed by atoms with van der Waals surface area (Å²) in [5, 5.41) is 13.8. The van der Waals surface area contributed by atoms with Gasteiger partial charge in [-0.1, -0.05) is 0 Å². The van der Waals surface area contributed by atoms with Gasteiger partial charge in [-0.05, 0) is 74.8 Å². The quantitative estimate of drug-likeness (QED) is 0.797. The molecule has 2 N–H and O–H groups in total. The van der Waals surface area contributed by atoms with Crippen LogP contribution in [0.1, 0.15) is 53.9 Å². The second-order valence-electron chi connectivity index (χ2n) is 5.83. The molecule has 1 aliphatic carbocycles. The van der Waals surface area contributed by atoms with Gasteiger partial charge in [0.25, 0.3) is 0 Å². The van der Waals surface area contributed by atoms with Crippen LogP contribution in [0, 0.1) is 6.92 Å². The Labute approximate surface area is 109 Å². The number of fused-ring (bicyclic) bond motifs is 1. The molecule has 1 heterocycles. The summed E-state index contributed by atoms with van der Waals surface area (Å²) in [6, 6.07) is 1.99. The van der Waals surface area contributed by atoms with Crippen molar-refractivity contribution in [3.8, 4) is 5.75 Å². The Morgan fingerprint density at radius 3 is 2.67 bits per heavy atom. The van der Waals surface area contributed by atoms with Gasteiger partial charge >= 0.3 is 0 Å². The minimum Gasteiger partial charge on any atom is -0.508 e. The Kier molecular flexibility index (Phi) is 3.29. The Hall–Kier alpha value is -1.02. The number of nitrogens with one attached hydrogen (secondary N) is 1. The molecule has 0 saturated carbocycles. The number of phenolic OH excluding ortho intramolecular Hbond substituents is 1. The summed E-state index contributed by atoms with van der Waals surface area (Å²) < 4.78 is 0. The van der Waals surface area contributed by atoms with Gasteiger partial charge in [0.05, 0.1) is 0 Å². The highest BCUT2D eigenvalue weighted by atomic mass is 16.3. The molecule has 0 aromatic heterocycles. The van der Waals surface area contributed by atoms with E-state index in [1.54, 1.807) is 0 Å². The number of piperidine rings is 1. The molecule has 2 nitrogen and oxygen atoms in total. The number of rotatable bonds is 1. The van der Waals surface area contributed by atoms with E-state index in [9.17, 15) is 5.11 Å².